The van der Waals surface area contributed by atoms with Crippen LogP contribution in [0.1, 0.15) is 15.4 Å². The number of benzene rings is 2. The van der Waals surface area contributed by atoms with E-state index in [0.29, 0.717) is 26.5 Å². The minimum Gasteiger partial charge on any atom is -0.486 e. The summed E-state index contributed by atoms with van der Waals surface area (Å²) in [6.45, 7) is 0.225. The third-order valence-corrected chi connectivity index (χ3v) is 5.25. The van der Waals surface area contributed by atoms with Crippen molar-refractivity contribution in [3.8, 4) is 5.75 Å². The van der Waals surface area contributed by atoms with E-state index in [1.165, 1.54) is 11.3 Å². The Labute approximate surface area is 163 Å². The molecule has 0 aliphatic carbocycles. The lowest BCUT2D eigenvalue weighted by atomic mass is 10.2. The fourth-order valence-corrected chi connectivity index (χ4v) is 3.32. The van der Waals surface area contributed by atoms with E-state index in [4.69, 9.17) is 22.2 Å². The lowest BCUT2D eigenvalue weighted by molar-refractivity contribution is 0.0986. The molecule has 9 heteroatoms. The van der Waals surface area contributed by atoms with E-state index >= 15 is 0 Å². The van der Waals surface area contributed by atoms with Crippen LogP contribution in [0.15, 0.2) is 53.4 Å². The monoisotopic (exact) mass is 406 g/mol. The molecule has 0 spiro atoms. The number of rotatable bonds is 6. The second-order valence-electron chi connectivity index (χ2n) is 5.13. The molecule has 1 aromatic heterocycles. The summed E-state index contributed by atoms with van der Waals surface area (Å²) in [5.41, 5.74) is 0.494. The molecule has 1 amide bonds. The maximum Gasteiger partial charge on any atom is 0.274 e. The number of anilines is 1. The topological polar surface area (TPSA) is 81.3 Å². The molecule has 0 bridgehead atoms. The maximum absolute atomic E-state index is 12.5. The smallest absolute Gasteiger partial charge is 0.274 e. The van der Waals surface area contributed by atoms with Gasteiger partial charge in [-0.15, -0.1) is 22.0 Å². The minimum atomic E-state index is -0.345. The highest BCUT2D eigenvalue weighted by Crippen LogP contribution is 2.23. The predicted octanol–water partition coefficient (Wildman–Crippen LogP) is 4.01. The van der Waals surface area contributed by atoms with Crippen LogP contribution in [0, 0.1) is 0 Å². The standard InChI is InChI=1S/C17H15ClN4O2S2/c1-25-14-4-2-3-11(9-14)16(23)22(19)17-21-20-15(26-17)10-24-13-7-5-12(18)6-8-13/h2-9H,10,19H2,1H3. The average molecular weight is 407 g/mol. The largest absolute Gasteiger partial charge is 0.486 e. The highest BCUT2D eigenvalue weighted by atomic mass is 35.5. The van der Waals surface area contributed by atoms with Gasteiger partial charge in [-0.3, -0.25) is 4.79 Å². The van der Waals surface area contributed by atoms with Gasteiger partial charge in [-0.2, -0.15) is 0 Å². The second-order valence-corrected chi connectivity index (χ2v) is 7.48. The van der Waals surface area contributed by atoms with Crippen molar-refractivity contribution in [2.24, 2.45) is 5.84 Å². The molecule has 2 N–H and O–H groups in total. The normalized spacial score (nSPS) is 10.6. The zero-order chi connectivity index (χ0) is 18.5. The SMILES string of the molecule is CSc1cccc(C(=O)N(N)c2nnc(COc3ccc(Cl)cc3)s2)c1. The van der Waals surface area contributed by atoms with Crippen LogP contribution in [0.25, 0.3) is 0 Å². The lowest BCUT2D eigenvalue weighted by Gasteiger charge is -2.12. The first-order chi connectivity index (χ1) is 12.6. The molecular formula is C17H15ClN4O2S2. The quantitative estimate of drug-likeness (QED) is 0.288. The number of nitrogens with zero attached hydrogens (tertiary/aromatic N) is 3. The van der Waals surface area contributed by atoms with E-state index in [1.54, 1.807) is 48.2 Å². The molecule has 6 nitrogen and oxygen atoms in total. The molecule has 3 aromatic rings. The van der Waals surface area contributed by atoms with Gasteiger partial charge in [0.1, 0.15) is 12.4 Å². The maximum atomic E-state index is 12.5. The Balaban J connectivity index is 1.66. The first-order valence-corrected chi connectivity index (χ1v) is 9.92. The summed E-state index contributed by atoms with van der Waals surface area (Å²) in [4.78, 5) is 13.5. The Morgan fingerprint density at radius 3 is 2.77 bits per heavy atom. The first kappa shape index (κ1) is 18.7. The second kappa shape index (κ2) is 8.50. The van der Waals surface area contributed by atoms with Crippen molar-refractivity contribution in [3.63, 3.8) is 0 Å². The van der Waals surface area contributed by atoms with E-state index in [1.807, 2.05) is 18.4 Å². The number of aromatic nitrogens is 2. The van der Waals surface area contributed by atoms with Gasteiger partial charge in [-0.05, 0) is 48.7 Å². The molecule has 0 radical (unpaired) electrons. The van der Waals surface area contributed by atoms with Crippen LogP contribution in [0.2, 0.25) is 5.02 Å². The van der Waals surface area contributed by atoms with E-state index in [-0.39, 0.29) is 12.5 Å². The third kappa shape index (κ3) is 4.53. The summed E-state index contributed by atoms with van der Waals surface area (Å²) in [5.74, 6) is 6.25. The van der Waals surface area contributed by atoms with Crippen molar-refractivity contribution in [1.29, 1.82) is 0 Å². The van der Waals surface area contributed by atoms with Gasteiger partial charge in [0.05, 0.1) is 0 Å². The number of carbonyl (C=O) groups excluding carboxylic acids is 1. The molecule has 134 valence electrons. The number of hydrogen-bond acceptors (Lipinski definition) is 7. The molecule has 0 unspecified atom stereocenters. The van der Waals surface area contributed by atoms with Crippen molar-refractivity contribution in [1.82, 2.24) is 10.2 Å². The van der Waals surface area contributed by atoms with Crippen LogP contribution < -0.4 is 15.6 Å². The Kier molecular flexibility index (Phi) is 6.10. The molecule has 0 aliphatic heterocycles. The van der Waals surface area contributed by atoms with Crippen LogP contribution in [0.4, 0.5) is 5.13 Å². The van der Waals surface area contributed by atoms with Crippen molar-refractivity contribution in [2.45, 2.75) is 11.5 Å². The number of ether oxygens (including phenoxy) is 1. The Bertz CT molecular complexity index is 902. The van der Waals surface area contributed by atoms with Crippen molar-refractivity contribution >= 4 is 45.7 Å². The molecule has 0 aliphatic rings. The van der Waals surface area contributed by atoms with E-state index in [0.717, 1.165) is 9.90 Å². The van der Waals surface area contributed by atoms with Crippen LogP contribution in [-0.2, 0) is 6.61 Å². The third-order valence-electron chi connectivity index (χ3n) is 3.37. The van der Waals surface area contributed by atoms with Gasteiger partial charge in [-0.1, -0.05) is 29.0 Å². The van der Waals surface area contributed by atoms with Gasteiger partial charge in [-0.25, -0.2) is 10.9 Å². The van der Waals surface area contributed by atoms with Gasteiger partial charge in [0.25, 0.3) is 5.91 Å². The fraction of sp³-hybridized carbons (Fsp3) is 0.118. The summed E-state index contributed by atoms with van der Waals surface area (Å²) in [6, 6.07) is 14.3. The molecule has 2 aromatic carbocycles. The van der Waals surface area contributed by atoms with Gasteiger partial charge >= 0.3 is 0 Å². The summed E-state index contributed by atoms with van der Waals surface area (Å²) in [7, 11) is 0. The van der Waals surface area contributed by atoms with Gasteiger partial charge in [0.15, 0.2) is 5.01 Å². The summed E-state index contributed by atoms with van der Waals surface area (Å²) < 4.78 is 5.62. The molecule has 0 atom stereocenters. The zero-order valence-corrected chi connectivity index (χ0v) is 16.1. The predicted molar refractivity (Wildman–Crippen MR) is 105 cm³/mol. The number of nitrogens with two attached hydrogens (primary N) is 1. The highest BCUT2D eigenvalue weighted by Gasteiger charge is 2.19. The molecule has 1 heterocycles. The summed E-state index contributed by atoms with van der Waals surface area (Å²) >= 11 is 8.59. The number of amides is 1. The molecule has 3 rings (SSSR count). The van der Waals surface area contributed by atoms with E-state index in [2.05, 4.69) is 10.2 Å². The fourth-order valence-electron chi connectivity index (χ4n) is 2.06. The lowest BCUT2D eigenvalue weighted by Crippen LogP contribution is -2.37. The van der Waals surface area contributed by atoms with Gasteiger partial charge in [0.2, 0.25) is 5.13 Å². The van der Waals surface area contributed by atoms with Crippen LogP contribution >= 0.6 is 34.7 Å². The van der Waals surface area contributed by atoms with Crippen LogP contribution in [-0.4, -0.2) is 22.4 Å². The Morgan fingerprint density at radius 2 is 2.04 bits per heavy atom. The van der Waals surface area contributed by atoms with Crippen LogP contribution in [0.5, 0.6) is 5.75 Å². The summed E-state index contributed by atoms with van der Waals surface area (Å²) in [5, 5.41) is 10.5. The Hall–Kier alpha value is -2.13. The van der Waals surface area contributed by atoms with Gasteiger partial charge < -0.3 is 4.74 Å². The van der Waals surface area contributed by atoms with Crippen molar-refractivity contribution in [3.05, 3.63) is 64.1 Å². The average Bonchev–Trinajstić information content (AvgIpc) is 3.15. The summed E-state index contributed by atoms with van der Waals surface area (Å²) in [6.07, 6.45) is 1.95. The number of hydrogen-bond donors (Lipinski definition) is 1. The van der Waals surface area contributed by atoms with E-state index in [9.17, 15) is 4.79 Å². The number of halogens is 1. The van der Waals surface area contributed by atoms with Gasteiger partial charge in [0, 0.05) is 15.5 Å². The number of thioether (sulfide) groups is 1. The first-order valence-electron chi connectivity index (χ1n) is 7.51. The minimum absolute atomic E-state index is 0.225. The highest BCUT2D eigenvalue weighted by molar-refractivity contribution is 7.98. The van der Waals surface area contributed by atoms with Crippen molar-refractivity contribution in [2.75, 3.05) is 11.3 Å². The Morgan fingerprint density at radius 1 is 1.27 bits per heavy atom. The van der Waals surface area contributed by atoms with E-state index < -0.39 is 0 Å². The molecule has 0 fully saturated rings. The molecular weight excluding hydrogens is 392 g/mol. The number of hydrazine groups is 1. The van der Waals surface area contributed by atoms with Crippen LogP contribution in [0.3, 0.4) is 0 Å². The molecule has 26 heavy (non-hydrogen) atoms. The number of carbonyl (C=O) groups is 1. The molecule has 0 saturated carbocycles. The molecule has 0 saturated heterocycles. The zero-order valence-electron chi connectivity index (χ0n) is 13.8. The van der Waals surface area contributed by atoms with Crippen molar-refractivity contribution < 1.29 is 9.53 Å².